The molecule has 0 bridgehead atoms. The summed E-state index contributed by atoms with van der Waals surface area (Å²) in [4.78, 5) is 13.0. The van der Waals surface area contributed by atoms with Gasteiger partial charge in [-0.05, 0) is 62.4 Å². The number of halogens is 1. The Morgan fingerprint density at radius 2 is 1.91 bits per heavy atom. The van der Waals surface area contributed by atoms with Crippen molar-refractivity contribution >= 4 is 27.8 Å². The van der Waals surface area contributed by atoms with Gasteiger partial charge in [0.05, 0.1) is 5.60 Å². The van der Waals surface area contributed by atoms with Gasteiger partial charge in [-0.1, -0.05) is 48.2 Å². The molecule has 124 valence electrons. The summed E-state index contributed by atoms with van der Waals surface area (Å²) in [5, 5.41) is 0. The van der Waals surface area contributed by atoms with Crippen LogP contribution in [0.25, 0.3) is 6.08 Å². The molecule has 2 nitrogen and oxygen atoms in total. The number of benzene rings is 1. The predicted octanol–water partition coefficient (Wildman–Crippen LogP) is 5.48. The predicted molar refractivity (Wildman–Crippen MR) is 97.5 cm³/mol. The van der Waals surface area contributed by atoms with Crippen LogP contribution in [0.15, 0.2) is 28.2 Å². The third-order valence-electron chi connectivity index (χ3n) is 5.18. The fourth-order valence-corrected chi connectivity index (χ4v) is 4.40. The van der Waals surface area contributed by atoms with Crippen LogP contribution in [-0.2, 0) is 16.0 Å². The quantitative estimate of drug-likeness (QED) is 0.639. The first-order chi connectivity index (χ1) is 10.9. The van der Waals surface area contributed by atoms with Crippen molar-refractivity contribution in [1.82, 2.24) is 0 Å². The Bertz CT molecular complexity index is 652. The van der Waals surface area contributed by atoms with Crippen molar-refractivity contribution in [3.8, 4) is 0 Å². The number of aryl methyl sites for hydroxylation is 1. The normalized spacial score (nSPS) is 24.5. The first-order valence-electron chi connectivity index (χ1n) is 8.63. The number of Topliss-reactive ketones (excluding diaryl/α,β-unsaturated/α-hetero) is 1. The zero-order valence-corrected chi connectivity index (χ0v) is 15.8. The number of ketones is 1. The van der Waals surface area contributed by atoms with E-state index in [-0.39, 0.29) is 11.4 Å². The van der Waals surface area contributed by atoms with Crippen molar-refractivity contribution in [1.29, 1.82) is 0 Å². The van der Waals surface area contributed by atoms with Crippen LogP contribution >= 0.6 is 15.9 Å². The molecule has 0 amide bonds. The van der Waals surface area contributed by atoms with Gasteiger partial charge in [-0.15, -0.1) is 0 Å². The van der Waals surface area contributed by atoms with Crippen LogP contribution < -0.4 is 0 Å². The number of ether oxygens (including phenoxy) is 1. The van der Waals surface area contributed by atoms with Gasteiger partial charge in [-0.25, -0.2) is 0 Å². The molecule has 1 aliphatic heterocycles. The molecule has 0 aromatic heterocycles. The smallest absolute Gasteiger partial charge is 0.193 e. The van der Waals surface area contributed by atoms with Crippen LogP contribution in [0.5, 0.6) is 0 Å². The summed E-state index contributed by atoms with van der Waals surface area (Å²) in [7, 11) is 0. The molecule has 23 heavy (non-hydrogen) atoms. The summed E-state index contributed by atoms with van der Waals surface area (Å²) in [6, 6.07) is 6.29. The highest BCUT2D eigenvalue weighted by molar-refractivity contribution is 9.10. The summed E-state index contributed by atoms with van der Waals surface area (Å²) < 4.78 is 7.43. The molecule has 1 aromatic carbocycles. The van der Waals surface area contributed by atoms with Gasteiger partial charge in [0, 0.05) is 10.0 Å². The third kappa shape index (κ3) is 3.06. The molecule has 2 fully saturated rings. The van der Waals surface area contributed by atoms with Gasteiger partial charge in [-0.3, -0.25) is 4.79 Å². The topological polar surface area (TPSA) is 26.3 Å². The Morgan fingerprint density at radius 3 is 2.57 bits per heavy atom. The van der Waals surface area contributed by atoms with E-state index in [1.807, 2.05) is 19.9 Å². The van der Waals surface area contributed by atoms with Crippen molar-refractivity contribution in [2.45, 2.75) is 70.5 Å². The zero-order valence-electron chi connectivity index (χ0n) is 14.2. The maximum absolute atomic E-state index is 13.0. The maximum atomic E-state index is 13.0. The summed E-state index contributed by atoms with van der Waals surface area (Å²) in [6.45, 7) is 5.97. The van der Waals surface area contributed by atoms with Gasteiger partial charge in [0.15, 0.2) is 5.78 Å². The molecule has 2 aliphatic rings. The van der Waals surface area contributed by atoms with E-state index >= 15 is 0 Å². The van der Waals surface area contributed by atoms with Crippen LogP contribution in [0.2, 0.25) is 0 Å². The van der Waals surface area contributed by atoms with Crippen molar-refractivity contribution in [2.24, 2.45) is 0 Å². The van der Waals surface area contributed by atoms with E-state index < -0.39 is 5.60 Å². The number of hydrogen-bond acceptors (Lipinski definition) is 2. The summed E-state index contributed by atoms with van der Waals surface area (Å²) in [5.74, 6) is 0.157. The Morgan fingerprint density at radius 1 is 1.22 bits per heavy atom. The lowest BCUT2D eigenvalue weighted by atomic mass is 9.77. The molecule has 3 heteroatoms. The number of hydrogen-bond donors (Lipinski definition) is 0. The lowest BCUT2D eigenvalue weighted by Gasteiger charge is -2.35. The van der Waals surface area contributed by atoms with Crippen molar-refractivity contribution in [2.75, 3.05) is 0 Å². The van der Waals surface area contributed by atoms with Crippen molar-refractivity contribution in [3.63, 3.8) is 0 Å². The summed E-state index contributed by atoms with van der Waals surface area (Å²) in [5.41, 5.74) is 2.22. The highest BCUT2D eigenvalue weighted by Gasteiger charge is 2.54. The number of rotatable bonds is 2. The lowest BCUT2D eigenvalue weighted by Crippen LogP contribution is -2.35. The van der Waals surface area contributed by atoms with Gasteiger partial charge >= 0.3 is 0 Å². The van der Waals surface area contributed by atoms with Crippen molar-refractivity contribution < 1.29 is 9.53 Å². The fourth-order valence-electron chi connectivity index (χ4n) is 3.99. The SMILES string of the molecule is CCc1cc(Br)ccc1/C=C1/C(=O)C(C)(C)OC12CCCCC2. The largest absolute Gasteiger partial charge is 0.356 e. The number of carbonyl (C=O) groups is 1. The Kier molecular flexibility index (Phi) is 4.54. The standard InChI is InChI=1S/C20H25BrO2/c1-4-14-12-16(21)9-8-15(14)13-17-18(22)19(2,3)23-20(17)10-6-5-7-11-20/h8-9,12-13H,4-7,10-11H2,1-3H3/b17-13-. The van der Waals surface area contributed by atoms with E-state index in [4.69, 9.17) is 4.74 Å². The Hall–Kier alpha value is -0.930. The van der Waals surface area contributed by atoms with E-state index in [1.54, 1.807) is 0 Å². The van der Waals surface area contributed by atoms with E-state index in [0.717, 1.165) is 47.7 Å². The molecule has 0 N–H and O–H groups in total. The Balaban J connectivity index is 2.09. The van der Waals surface area contributed by atoms with Gasteiger partial charge in [0.1, 0.15) is 5.60 Å². The lowest BCUT2D eigenvalue weighted by molar-refractivity contribution is -0.136. The minimum atomic E-state index is -0.703. The highest BCUT2D eigenvalue weighted by atomic mass is 79.9. The summed E-state index contributed by atoms with van der Waals surface area (Å²) >= 11 is 3.54. The molecule has 1 saturated heterocycles. The minimum absolute atomic E-state index is 0.157. The molecule has 0 radical (unpaired) electrons. The van der Waals surface area contributed by atoms with Crippen LogP contribution in [0, 0.1) is 0 Å². The molecule has 0 unspecified atom stereocenters. The third-order valence-corrected chi connectivity index (χ3v) is 5.67. The second kappa shape index (κ2) is 6.18. The van der Waals surface area contributed by atoms with E-state index in [9.17, 15) is 4.79 Å². The van der Waals surface area contributed by atoms with E-state index in [0.29, 0.717) is 0 Å². The van der Waals surface area contributed by atoms with Crippen LogP contribution in [0.1, 0.15) is 64.0 Å². The molecule has 1 spiro atoms. The zero-order chi connectivity index (χ0) is 16.7. The van der Waals surface area contributed by atoms with E-state index in [2.05, 4.69) is 41.1 Å². The molecule has 1 aliphatic carbocycles. The molecular weight excluding hydrogens is 352 g/mol. The Labute approximate surface area is 147 Å². The fraction of sp³-hybridized carbons (Fsp3) is 0.550. The van der Waals surface area contributed by atoms with Gasteiger partial charge in [-0.2, -0.15) is 0 Å². The van der Waals surface area contributed by atoms with Crippen LogP contribution in [0.3, 0.4) is 0 Å². The average Bonchev–Trinajstić information content (AvgIpc) is 2.69. The molecule has 1 saturated carbocycles. The van der Waals surface area contributed by atoms with E-state index in [1.165, 1.54) is 12.0 Å². The molecule has 3 rings (SSSR count). The average molecular weight is 377 g/mol. The highest BCUT2D eigenvalue weighted by Crippen LogP contribution is 2.48. The first kappa shape index (κ1) is 16.9. The van der Waals surface area contributed by atoms with Gasteiger partial charge < -0.3 is 4.74 Å². The molecule has 1 aromatic rings. The second-order valence-corrected chi connectivity index (χ2v) is 8.17. The first-order valence-corrected chi connectivity index (χ1v) is 9.43. The van der Waals surface area contributed by atoms with Gasteiger partial charge in [0.2, 0.25) is 0 Å². The monoisotopic (exact) mass is 376 g/mol. The number of carbonyl (C=O) groups excluding carboxylic acids is 1. The van der Waals surface area contributed by atoms with Gasteiger partial charge in [0.25, 0.3) is 0 Å². The summed E-state index contributed by atoms with van der Waals surface area (Å²) in [6.07, 6.45) is 8.50. The molecule has 0 atom stereocenters. The molecule has 1 heterocycles. The van der Waals surface area contributed by atoms with Crippen LogP contribution in [0.4, 0.5) is 0 Å². The van der Waals surface area contributed by atoms with Crippen molar-refractivity contribution in [3.05, 3.63) is 39.4 Å². The van der Waals surface area contributed by atoms with Crippen LogP contribution in [-0.4, -0.2) is 17.0 Å². The molecular formula is C20H25BrO2. The minimum Gasteiger partial charge on any atom is -0.356 e. The second-order valence-electron chi connectivity index (χ2n) is 7.25. The maximum Gasteiger partial charge on any atom is 0.193 e.